The maximum Gasteiger partial charge on any atom is 0.236 e. The summed E-state index contributed by atoms with van der Waals surface area (Å²) in [6.45, 7) is 8.77. The second-order valence-electron chi connectivity index (χ2n) is 8.79. The highest BCUT2D eigenvalue weighted by atomic mass is 16.2. The molecule has 1 unspecified atom stereocenters. The Morgan fingerprint density at radius 2 is 1.79 bits per heavy atom. The summed E-state index contributed by atoms with van der Waals surface area (Å²) in [5, 5.41) is 0. The van der Waals surface area contributed by atoms with Gasteiger partial charge in [-0.3, -0.25) is 14.5 Å². The van der Waals surface area contributed by atoms with Crippen LogP contribution in [0.4, 0.5) is 0 Å². The number of amides is 2. The zero-order valence-corrected chi connectivity index (χ0v) is 17.7. The Labute approximate surface area is 169 Å². The molecule has 0 N–H and O–H groups in total. The van der Waals surface area contributed by atoms with Gasteiger partial charge in [-0.15, -0.1) is 0 Å². The number of carbonyl (C=O) groups excluding carboxylic acids is 2. The third-order valence-corrected chi connectivity index (χ3v) is 6.27. The van der Waals surface area contributed by atoms with Crippen molar-refractivity contribution in [2.75, 3.05) is 39.8 Å². The molecule has 3 rings (SSSR count). The molecule has 1 aromatic rings. The molecule has 28 heavy (non-hydrogen) atoms. The van der Waals surface area contributed by atoms with Crippen LogP contribution in [0.15, 0.2) is 24.3 Å². The molecule has 154 valence electrons. The number of benzene rings is 1. The molecule has 5 heteroatoms. The van der Waals surface area contributed by atoms with E-state index in [1.807, 2.05) is 24.1 Å². The maximum atomic E-state index is 12.8. The SMILES string of the molecule is Cc1ccccc1CN(C)CC(=O)N1CCC(C(=O)N2CCCC(C)C2)CC1. The van der Waals surface area contributed by atoms with Gasteiger partial charge in [0.05, 0.1) is 6.54 Å². The first-order valence-corrected chi connectivity index (χ1v) is 10.7. The third-order valence-electron chi connectivity index (χ3n) is 6.27. The molecule has 0 aliphatic carbocycles. The molecule has 0 spiro atoms. The molecule has 0 saturated carbocycles. The number of hydrogen-bond acceptors (Lipinski definition) is 3. The fourth-order valence-corrected chi connectivity index (χ4v) is 4.49. The van der Waals surface area contributed by atoms with Gasteiger partial charge in [0.25, 0.3) is 0 Å². The summed E-state index contributed by atoms with van der Waals surface area (Å²) in [7, 11) is 2.00. The van der Waals surface area contributed by atoms with Crippen LogP contribution in [0.1, 0.15) is 43.7 Å². The van der Waals surface area contributed by atoms with Gasteiger partial charge >= 0.3 is 0 Å². The molecular formula is C23H35N3O2. The van der Waals surface area contributed by atoms with Crippen molar-refractivity contribution in [3.63, 3.8) is 0 Å². The zero-order chi connectivity index (χ0) is 20.1. The minimum atomic E-state index is 0.0963. The van der Waals surface area contributed by atoms with Crippen LogP contribution in [-0.4, -0.2) is 66.3 Å². The Hall–Kier alpha value is -1.88. The van der Waals surface area contributed by atoms with Crippen LogP contribution in [-0.2, 0) is 16.1 Å². The summed E-state index contributed by atoms with van der Waals surface area (Å²) in [6, 6.07) is 8.31. The van der Waals surface area contributed by atoms with Gasteiger partial charge in [0.15, 0.2) is 0 Å². The molecule has 2 amide bonds. The van der Waals surface area contributed by atoms with E-state index >= 15 is 0 Å². The number of rotatable bonds is 5. The summed E-state index contributed by atoms with van der Waals surface area (Å²) in [5.41, 5.74) is 2.52. The second kappa shape index (κ2) is 9.55. The first-order valence-electron chi connectivity index (χ1n) is 10.7. The third kappa shape index (κ3) is 5.34. The fourth-order valence-electron chi connectivity index (χ4n) is 4.49. The Morgan fingerprint density at radius 3 is 2.46 bits per heavy atom. The molecule has 1 aromatic carbocycles. The van der Waals surface area contributed by atoms with Crippen LogP contribution in [0.25, 0.3) is 0 Å². The van der Waals surface area contributed by atoms with Gasteiger partial charge in [0, 0.05) is 38.6 Å². The van der Waals surface area contributed by atoms with Crippen molar-refractivity contribution in [2.24, 2.45) is 11.8 Å². The smallest absolute Gasteiger partial charge is 0.236 e. The van der Waals surface area contributed by atoms with Crippen molar-refractivity contribution in [1.29, 1.82) is 0 Å². The lowest BCUT2D eigenvalue weighted by Crippen LogP contribution is -2.48. The molecular weight excluding hydrogens is 350 g/mol. The molecule has 5 nitrogen and oxygen atoms in total. The number of aryl methyl sites for hydroxylation is 1. The highest BCUT2D eigenvalue weighted by Crippen LogP contribution is 2.23. The summed E-state index contributed by atoms with van der Waals surface area (Å²) >= 11 is 0. The topological polar surface area (TPSA) is 43.9 Å². The van der Waals surface area contributed by atoms with Crippen LogP contribution >= 0.6 is 0 Å². The van der Waals surface area contributed by atoms with Gasteiger partial charge in [0.2, 0.25) is 11.8 Å². The Morgan fingerprint density at radius 1 is 1.07 bits per heavy atom. The van der Waals surface area contributed by atoms with Gasteiger partial charge in [-0.05, 0) is 56.7 Å². The van der Waals surface area contributed by atoms with Gasteiger partial charge in [-0.1, -0.05) is 31.2 Å². The van der Waals surface area contributed by atoms with E-state index in [4.69, 9.17) is 0 Å². The van der Waals surface area contributed by atoms with E-state index in [0.717, 1.165) is 38.9 Å². The molecule has 2 saturated heterocycles. The molecule has 2 heterocycles. The molecule has 2 aliphatic rings. The average molecular weight is 386 g/mol. The first-order chi connectivity index (χ1) is 13.4. The Balaban J connectivity index is 1.44. The van der Waals surface area contributed by atoms with Crippen LogP contribution in [0.3, 0.4) is 0 Å². The normalized spacial score (nSPS) is 21.2. The quantitative estimate of drug-likeness (QED) is 0.783. The van der Waals surface area contributed by atoms with E-state index in [2.05, 4.69) is 35.8 Å². The van der Waals surface area contributed by atoms with Crippen molar-refractivity contribution >= 4 is 11.8 Å². The predicted molar refractivity (Wildman–Crippen MR) is 112 cm³/mol. The predicted octanol–water partition coefficient (Wildman–Crippen LogP) is 2.92. The van der Waals surface area contributed by atoms with E-state index in [1.54, 1.807) is 0 Å². The van der Waals surface area contributed by atoms with E-state index in [9.17, 15) is 9.59 Å². The van der Waals surface area contributed by atoms with Crippen LogP contribution in [0.5, 0.6) is 0 Å². The molecule has 0 aromatic heterocycles. The van der Waals surface area contributed by atoms with Crippen molar-refractivity contribution in [3.8, 4) is 0 Å². The zero-order valence-electron chi connectivity index (χ0n) is 17.7. The summed E-state index contributed by atoms with van der Waals surface area (Å²) in [4.78, 5) is 31.6. The number of likely N-dealkylation sites (tertiary alicyclic amines) is 2. The van der Waals surface area contributed by atoms with Gasteiger partial charge in [-0.2, -0.15) is 0 Å². The monoisotopic (exact) mass is 385 g/mol. The maximum absolute atomic E-state index is 12.8. The second-order valence-corrected chi connectivity index (χ2v) is 8.79. The van der Waals surface area contributed by atoms with Crippen molar-refractivity contribution in [1.82, 2.24) is 14.7 Å². The van der Waals surface area contributed by atoms with E-state index in [0.29, 0.717) is 31.5 Å². The van der Waals surface area contributed by atoms with Gasteiger partial charge in [-0.25, -0.2) is 0 Å². The van der Waals surface area contributed by atoms with Crippen LogP contribution in [0.2, 0.25) is 0 Å². The molecule has 2 aliphatic heterocycles. The van der Waals surface area contributed by atoms with Crippen LogP contribution < -0.4 is 0 Å². The lowest BCUT2D eigenvalue weighted by Gasteiger charge is -2.37. The Bertz CT molecular complexity index is 682. The van der Waals surface area contributed by atoms with Crippen molar-refractivity contribution < 1.29 is 9.59 Å². The lowest BCUT2D eigenvalue weighted by molar-refractivity contribution is -0.142. The fraction of sp³-hybridized carbons (Fsp3) is 0.652. The van der Waals surface area contributed by atoms with Crippen LogP contribution in [0, 0.1) is 18.8 Å². The summed E-state index contributed by atoms with van der Waals surface area (Å²) < 4.78 is 0. The first kappa shape index (κ1) is 20.8. The minimum absolute atomic E-state index is 0.0963. The summed E-state index contributed by atoms with van der Waals surface area (Å²) in [6.07, 6.45) is 3.96. The van der Waals surface area contributed by atoms with Gasteiger partial charge in [0.1, 0.15) is 0 Å². The number of carbonyl (C=O) groups is 2. The van der Waals surface area contributed by atoms with E-state index < -0.39 is 0 Å². The molecule has 1 atom stereocenters. The van der Waals surface area contributed by atoms with Gasteiger partial charge < -0.3 is 9.80 Å². The lowest BCUT2D eigenvalue weighted by atomic mass is 9.92. The minimum Gasteiger partial charge on any atom is -0.342 e. The van der Waals surface area contributed by atoms with E-state index in [-0.39, 0.29) is 11.8 Å². The number of piperidine rings is 2. The molecule has 2 fully saturated rings. The Kier molecular flexibility index (Phi) is 7.11. The standard InChI is InChI=1S/C23H35N3O2/c1-18-7-6-12-26(15-18)23(28)20-10-13-25(14-11-20)22(27)17-24(3)16-21-9-5-4-8-19(21)2/h4-5,8-9,18,20H,6-7,10-17H2,1-3H3. The highest BCUT2D eigenvalue weighted by Gasteiger charge is 2.31. The molecule has 0 bridgehead atoms. The highest BCUT2D eigenvalue weighted by molar-refractivity contribution is 5.81. The molecule has 0 radical (unpaired) electrons. The van der Waals surface area contributed by atoms with Crippen molar-refractivity contribution in [3.05, 3.63) is 35.4 Å². The summed E-state index contributed by atoms with van der Waals surface area (Å²) in [5.74, 6) is 1.20. The number of nitrogens with zero attached hydrogens (tertiary/aromatic N) is 3. The number of hydrogen-bond donors (Lipinski definition) is 0. The number of likely N-dealkylation sites (N-methyl/N-ethyl adjacent to an activating group) is 1. The van der Waals surface area contributed by atoms with E-state index in [1.165, 1.54) is 17.5 Å². The average Bonchev–Trinajstić information content (AvgIpc) is 2.69. The largest absolute Gasteiger partial charge is 0.342 e. The van der Waals surface area contributed by atoms with Crippen molar-refractivity contribution in [2.45, 2.75) is 46.1 Å².